The minimum Gasteiger partial charge on any atom is -0.466 e. The second-order valence-electron chi connectivity index (χ2n) is 4.69. The zero-order valence-corrected chi connectivity index (χ0v) is 9.52. The summed E-state index contributed by atoms with van der Waals surface area (Å²) in [5, 5.41) is 0. The van der Waals surface area contributed by atoms with E-state index in [-0.39, 0.29) is 11.4 Å². The third kappa shape index (κ3) is 5.67. The molecule has 0 saturated carbocycles. The fourth-order valence-electron chi connectivity index (χ4n) is 0.831. The topological polar surface area (TPSA) is 26.3 Å². The molecule has 2 nitrogen and oxygen atoms in total. The van der Waals surface area contributed by atoms with Gasteiger partial charge < -0.3 is 4.74 Å². The van der Waals surface area contributed by atoms with Gasteiger partial charge in [0.2, 0.25) is 0 Å². The Kier molecular flexibility index (Phi) is 5.04. The van der Waals surface area contributed by atoms with Gasteiger partial charge in [0.1, 0.15) is 0 Å². The normalized spacial score (nSPS) is 13.9. The van der Waals surface area contributed by atoms with Crippen LogP contribution in [0.1, 0.15) is 47.5 Å². The zero-order valence-electron chi connectivity index (χ0n) is 9.52. The van der Waals surface area contributed by atoms with Crippen molar-refractivity contribution < 1.29 is 9.53 Å². The lowest BCUT2D eigenvalue weighted by atomic mass is 9.80. The van der Waals surface area contributed by atoms with Gasteiger partial charge >= 0.3 is 5.97 Å². The Balaban J connectivity index is 3.79. The van der Waals surface area contributed by atoms with E-state index in [2.05, 4.69) is 27.7 Å². The monoisotopic (exact) mass is 186 g/mol. The maximum Gasteiger partial charge on any atom is 0.306 e. The lowest BCUT2D eigenvalue weighted by Crippen LogP contribution is -2.21. The highest BCUT2D eigenvalue weighted by molar-refractivity contribution is 5.69. The summed E-state index contributed by atoms with van der Waals surface area (Å²) < 4.78 is 5.02. The number of carbonyl (C=O) groups excluding carboxylic acids is 1. The lowest BCUT2D eigenvalue weighted by Gasteiger charge is -2.26. The number of esters is 1. The highest BCUT2D eigenvalue weighted by Crippen LogP contribution is 2.28. The first-order valence-electron chi connectivity index (χ1n) is 5.03. The van der Waals surface area contributed by atoms with Gasteiger partial charge in [-0.3, -0.25) is 4.79 Å². The first-order valence-corrected chi connectivity index (χ1v) is 5.03. The molecule has 0 saturated heterocycles. The summed E-state index contributed by atoms with van der Waals surface area (Å²) >= 11 is 0. The Labute approximate surface area is 81.7 Å². The van der Waals surface area contributed by atoms with Crippen molar-refractivity contribution in [3.8, 4) is 0 Å². The molecule has 13 heavy (non-hydrogen) atoms. The highest BCUT2D eigenvalue weighted by Gasteiger charge is 2.22. The van der Waals surface area contributed by atoms with Crippen LogP contribution in [0.25, 0.3) is 0 Å². The van der Waals surface area contributed by atoms with E-state index in [1.54, 1.807) is 0 Å². The SMILES string of the molecule is CCCOC(=O)CC(C)C(C)(C)C. The minimum atomic E-state index is -0.0655. The van der Waals surface area contributed by atoms with E-state index in [1.807, 2.05) is 6.92 Å². The average molecular weight is 186 g/mol. The van der Waals surface area contributed by atoms with E-state index in [4.69, 9.17) is 4.74 Å². The smallest absolute Gasteiger partial charge is 0.306 e. The molecular formula is C11H22O2. The van der Waals surface area contributed by atoms with Gasteiger partial charge in [0, 0.05) is 6.42 Å². The van der Waals surface area contributed by atoms with Gasteiger partial charge in [0.25, 0.3) is 0 Å². The van der Waals surface area contributed by atoms with Crippen molar-refractivity contribution in [2.24, 2.45) is 11.3 Å². The van der Waals surface area contributed by atoms with Gasteiger partial charge in [-0.25, -0.2) is 0 Å². The molecular weight excluding hydrogens is 164 g/mol. The van der Waals surface area contributed by atoms with Gasteiger partial charge in [-0.2, -0.15) is 0 Å². The van der Waals surface area contributed by atoms with Crippen molar-refractivity contribution in [2.75, 3.05) is 6.61 Å². The first-order chi connectivity index (χ1) is 5.88. The second kappa shape index (κ2) is 5.25. The van der Waals surface area contributed by atoms with Crippen LogP contribution in [0, 0.1) is 11.3 Å². The number of rotatable bonds is 4. The number of hydrogen-bond donors (Lipinski definition) is 0. The predicted molar refractivity (Wildman–Crippen MR) is 54.5 cm³/mol. The van der Waals surface area contributed by atoms with Crippen LogP contribution in [0.4, 0.5) is 0 Å². The maximum atomic E-state index is 11.2. The summed E-state index contributed by atoms with van der Waals surface area (Å²) in [5.41, 5.74) is 0.186. The molecule has 0 aliphatic rings. The Morgan fingerprint density at radius 2 is 1.92 bits per heavy atom. The molecule has 0 aromatic carbocycles. The number of carbonyl (C=O) groups is 1. The van der Waals surface area contributed by atoms with Gasteiger partial charge in [0.15, 0.2) is 0 Å². The van der Waals surface area contributed by atoms with Crippen molar-refractivity contribution in [1.82, 2.24) is 0 Å². The molecule has 0 aliphatic heterocycles. The summed E-state index contributed by atoms with van der Waals surface area (Å²) in [5.74, 6) is 0.307. The lowest BCUT2D eigenvalue weighted by molar-refractivity contribution is -0.145. The molecule has 0 N–H and O–H groups in total. The van der Waals surface area contributed by atoms with Crippen molar-refractivity contribution in [3.05, 3.63) is 0 Å². The molecule has 0 amide bonds. The van der Waals surface area contributed by atoms with E-state index in [1.165, 1.54) is 0 Å². The van der Waals surface area contributed by atoms with Crippen LogP contribution in [0.3, 0.4) is 0 Å². The highest BCUT2D eigenvalue weighted by atomic mass is 16.5. The third-order valence-corrected chi connectivity index (χ3v) is 2.42. The molecule has 1 atom stereocenters. The Hall–Kier alpha value is -0.530. The van der Waals surface area contributed by atoms with Gasteiger partial charge in [-0.1, -0.05) is 34.6 Å². The van der Waals surface area contributed by atoms with Crippen LogP contribution >= 0.6 is 0 Å². The first kappa shape index (κ1) is 12.5. The molecule has 78 valence electrons. The van der Waals surface area contributed by atoms with Crippen LogP contribution in [0.15, 0.2) is 0 Å². The van der Waals surface area contributed by atoms with Crippen molar-refractivity contribution in [1.29, 1.82) is 0 Å². The quantitative estimate of drug-likeness (QED) is 0.631. The van der Waals surface area contributed by atoms with E-state index in [9.17, 15) is 4.79 Å². The van der Waals surface area contributed by atoms with Gasteiger partial charge in [-0.05, 0) is 17.8 Å². The Morgan fingerprint density at radius 3 is 2.31 bits per heavy atom. The molecule has 0 aliphatic carbocycles. The Morgan fingerprint density at radius 1 is 1.38 bits per heavy atom. The third-order valence-electron chi connectivity index (χ3n) is 2.42. The van der Waals surface area contributed by atoms with Crippen LogP contribution in [-0.4, -0.2) is 12.6 Å². The summed E-state index contributed by atoms with van der Waals surface area (Å²) in [6.07, 6.45) is 1.43. The molecule has 0 radical (unpaired) electrons. The van der Waals surface area contributed by atoms with Crippen molar-refractivity contribution in [3.63, 3.8) is 0 Å². The number of hydrogen-bond acceptors (Lipinski definition) is 2. The van der Waals surface area contributed by atoms with E-state index < -0.39 is 0 Å². The predicted octanol–water partition coefficient (Wildman–Crippen LogP) is 3.01. The average Bonchev–Trinajstić information content (AvgIpc) is 1.99. The van der Waals surface area contributed by atoms with Crippen molar-refractivity contribution >= 4 is 5.97 Å². The fourth-order valence-corrected chi connectivity index (χ4v) is 0.831. The van der Waals surface area contributed by atoms with E-state index in [0.717, 1.165) is 6.42 Å². The molecule has 0 spiro atoms. The molecule has 0 aromatic rings. The molecule has 0 heterocycles. The van der Waals surface area contributed by atoms with Crippen LogP contribution < -0.4 is 0 Å². The Bertz CT molecular complexity index is 156. The van der Waals surface area contributed by atoms with Gasteiger partial charge in [-0.15, -0.1) is 0 Å². The number of ether oxygens (including phenoxy) is 1. The fraction of sp³-hybridized carbons (Fsp3) is 0.909. The summed E-state index contributed by atoms with van der Waals surface area (Å²) in [6.45, 7) is 11.1. The molecule has 1 unspecified atom stereocenters. The van der Waals surface area contributed by atoms with Gasteiger partial charge in [0.05, 0.1) is 6.61 Å². The zero-order chi connectivity index (χ0) is 10.5. The molecule has 0 aromatic heterocycles. The van der Waals surface area contributed by atoms with Crippen molar-refractivity contribution in [2.45, 2.75) is 47.5 Å². The largest absolute Gasteiger partial charge is 0.466 e. The maximum absolute atomic E-state index is 11.2. The van der Waals surface area contributed by atoms with Crippen LogP contribution in [0.2, 0.25) is 0 Å². The van der Waals surface area contributed by atoms with E-state index >= 15 is 0 Å². The standard InChI is InChI=1S/C11H22O2/c1-6-7-13-10(12)8-9(2)11(3,4)5/h9H,6-8H2,1-5H3. The molecule has 0 bridgehead atoms. The summed E-state index contributed by atoms with van der Waals surface area (Å²) in [4.78, 5) is 11.2. The summed E-state index contributed by atoms with van der Waals surface area (Å²) in [6, 6.07) is 0. The molecule has 0 fully saturated rings. The second-order valence-corrected chi connectivity index (χ2v) is 4.69. The minimum absolute atomic E-state index is 0.0655. The summed E-state index contributed by atoms with van der Waals surface area (Å²) in [7, 11) is 0. The molecule has 0 rings (SSSR count). The van der Waals surface area contributed by atoms with Crippen LogP contribution in [0.5, 0.6) is 0 Å². The molecule has 2 heteroatoms. The van der Waals surface area contributed by atoms with E-state index in [0.29, 0.717) is 18.9 Å². The van der Waals surface area contributed by atoms with Crippen LogP contribution in [-0.2, 0) is 9.53 Å².